The number of nitrogens with one attached hydrogen (secondary N) is 3. The van der Waals surface area contributed by atoms with Gasteiger partial charge in [0.15, 0.2) is 16.6 Å². The molecule has 0 aliphatic rings. The van der Waals surface area contributed by atoms with Crippen LogP contribution in [0.15, 0.2) is 36.4 Å². The molecule has 8 nitrogen and oxygen atoms in total. The molecule has 2 rings (SSSR count). The Morgan fingerprint density at radius 2 is 1.54 bits per heavy atom. The van der Waals surface area contributed by atoms with Crippen LogP contribution in [0.5, 0.6) is 23.0 Å². The van der Waals surface area contributed by atoms with Gasteiger partial charge in [0.05, 0.1) is 34.0 Å². The molecule has 0 aliphatic heterocycles. The molecule has 1 amide bonds. The number of carbonyl (C=O) groups is 1. The van der Waals surface area contributed by atoms with Crippen molar-refractivity contribution in [3.63, 3.8) is 0 Å². The van der Waals surface area contributed by atoms with E-state index >= 15 is 0 Å². The summed E-state index contributed by atoms with van der Waals surface area (Å²) in [5.74, 6) is 1.39. The Morgan fingerprint density at radius 3 is 2.11 bits per heavy atom. The van der Waals surface area contributed by atoms with Gasteiger partial charge in [0.25, 0.3) is 5.91 Å². The second-order valence-corrected chi connectivity index (χ2v) is 5.90. The molecule has 150 valence electrons. The fourth-order valence-electron chi connectivity index (χ4n) is 2.43. The third-order valence-electron chi connectivity index (χ3n) is 3.85. The molecule has 28 heavy (non-hydrogen) atoms. The Kier molecular flexibility index (Phi) is 7.70. The Balaban J connectivity index is 1.94. The lowest BCUT2D eigenvalue weighted by molar-refractivity contribution is 0.0940. The van der Waals surface area contributed by atoms with Crippen molar-refractivity contribution in [3.05, 3.63) is 47.5 Å². The van der Waals surface area contributed by atoms with Crippen LogP contribution in [0.1, 0.15) is 15.9 Å². The largest absolute Gasteiger partial charge is 0.497 e. The molecule has 0 fully saturated rings. The van der Waals surface area contributed by atoms with Gasteiger partial charge in [-0.2, -0.15) is 0 Å². The molecule has 0 saturated carbocycles. The van der Waals surface area contributed by atoms with Gasteiger partial charge >= 0.3 is 0 Å². The molecule has 0 heterocycles. The highest BCUT2D eigenvalue weighted by Gasteiger charge is 2.20. The first kappa shape index (κ1) is 21.1. The van der Waals surface area contributed by atoms with E-state index in [0.717, 1.165) is 11.3 Å². The molecular weight excluding hydrogens is 382 g/mol. The molecule has 3 N–H and O–H groups in total. The number of amides is 1. The summed E-state index contributed by atoms with van der Waals surface area (Å²) in [4.78, 5) is 12.5. The Hall–Kier alpha value is -3.20. The molecule has 0 saturated heterocycles. The van der Waals surface area contributed by atoms with Crippen molar-refractivity contribution in [1.29, 1.82) is 0 Å². The van der Waals surface area contributed by atoms with Gasteiger partial charge in [-0.15, -0.1) is 0 Å². The molecule has 0 radical (unpaired) electrons. The van der Waals surface area contributed by atoms with Crippen LogP contribution in [0.2, 0.25) is 0 Å². The zero-order valence-corrected chi connectivity index (χ0v) is 16.9. The molecule has 0 aromatic heterocycles. The maximum Gasteiger partial charge on any atom is 0.273 e. The van der Waals surface area contributed by atoms with E-state index in [-0.39, 0.29) is 16.4 Å². The SMILES string of the molecule is COc1ccc(CNC(=S)NNC(=O)c2ccc(OC)c(OC)c2OC)cc1. The van der Waals surface area contributed by atoms with E-state index in [4.69, 9.17) is 31.2 Å². The lowest BCUT2D eigenvalue weighted by Crippen LogP contribution is -2.46. The maximum atomic E-state index is 12.5. The molecular formula is C19H23N3O5S. The predicted molar refractivity (Wildman–Crippen MR) is 109 cm³/mol. The minimum atomic E-state index is -0.439. The molecule has 0 bridgehead atoms. The van der Waals surface area contributed by atoms with Crippen LogP contribution in [0, 0.1) is 0 Å². The summed E-state index contributed by atoms with van der Waals surface area (Å²) in [6.45, 7) is 0.491. The normalized spacial score (nSPS) is 9.86. The van der Waals surface area contributed by atoms with Crippen molar-refractivity contribution in [1.82, 2.24) is 16.2 Å². The van der Waals surface area contributed by atoms with Crippen molar-refractivity contribution in [2.24, 2.45) is 0 Å². The maximum absolute atomic E-state index is 12.5. The molecule has 0 atom stereocenters. The second-order valence-electron chi connectivity index (χ2n) is 5.49. The molecule has 0 spiro atoms. The molecule has 0 aliphatic carbocycles. The van der Waals surface area contributed by atoms with Gasteiger partial charge in [0.2, 0.25) is 5.75 Å². The number of rotatable bonds is 7. The van der Waals surface area contributed by atoms with Gasteiger partial charge < -0.3 is 24.3 Å². The standard InChI is InChI=1S/C19H23N3O5S/c1-24-13-7-5-12(6-8-13)11-20-19(28)22-21-18(23)14-9-10-15(25-2)17(27-4)16(14)26-3/h5-10H,11H2,1-4H3,(H,21,23)(H2,20,22,28). The lowest BCUT2D eigenvalue weighted by atomic mass is 10.1. The minimum Gasteiger partial charge on any atom is -0.497 e. The number of benzene rings is 2. The third-order valence-corrected chi connectivity index (χ3v) is 4.10. The van der Waals surface area contributed by atoms with Crippen molar-refractivity contribution in [2.75, 3.05) is 28.4 Å². The lowest BCUT2D eigenvalue weighted by Gasteiger charge is -2.16. The first-order chi connectivity index (χ1) is 13.5. The second kappa shape index (κ2) is 10.2. The molecule has 2 aromatic carbocycles. The smallest absolute Gasteiger partial charge is 0.273 e. The van der Waals surface area contributed by atoms with E-state index in [0.29, 0.717) is 18.0 Å². The van der Waals surface area contributed by atoms with E-state index in [2.05, 4.69) is 16.2 Å². The van der Waals surface area contributed by atoms with Crippen LogP contribution in [0.4, 0.5) is 0 Å². The highest BCUT2D eigenvalue weighted by atomic mass is 32.1. The fourth-order valence-corrected chi connectivity index (χ4v) is 2.55. The van der Waals surface area contributed by atoms with Gasteiger partial charge in [-0.25, -0.2) is 0 Å². The van der Waals surface area contributed by atoms with Gasteiger partial charge in [-0.1, -0.05) is 12.1 Å². The minimum absolute atomic E-state index is 0.262. The number of hydrogen-bond donors (Lipinski definition) is 3. The highest BCUT2D eigenvalue weighted by Crippen LogP contribution is 2.39. The van der Waals surface area contributed by atoms with Crippen LogP contribution in [-0.2, 0) is 6.54 Å². The van der Waals surface area contributed by atoms with Crippen LogP contribution in [0.25, 0.3) is 0 Å². The summed E-state index contributed by atoms with van der Waals surface area (Å²) < 4.78 is 20.9. The van der Waals surface area contributed by atoms with Gasteiger partial charge in [-0.05, 0) is 42.0 Å². The molecule has 2 aromatic rings. The number of hydrogen-bond acceptors (Lipinski definition) is 6. The van der Waals surface area contributed by atoms with Crippen LogP contribution < -0.4 is 35.1 Å². The van der Waals surface area contributed by atoms with Crippen molar-refractivity contribution >= 4 is 23.2 Å². The average Bonchev–Trinajstić information content (AvgIpc) is 2.74. The number of ether oxygens (including phenoxy) is 4. The summed E-state index contributed by atoms with van der Waals surface area (Å²) >= 11 is 5.18. The number of hydrazine groups is 1. The van der Waals surface area contributed by atoms with Gasteiger partial charge in [-0.3, -0.25) is 15.6 Å². The van der Waals surface area contributed by atoms with Crippen LogP contribution in [0.3, 0.4) is 0 Å². The first-order valence-electron chi connectivity index (χ1n) is 8.30. The van der Waals surface area contributed by atoms with E-state index in [1.54, 1.807) is 19.2 Å². The van der Waals surface area contributed by atoms with Crippen molar-refractivity contribution in [3.8, 4) is 23.0 Å². The van der Waals surface area contributed by atoms with Crippen LogP contribution in [-0.4, -0.2) is 39.5 Å². The fraction of sp³-hybridized carbons (Fsp3) is 0.263. The van der Waals surface area contributed by atoms with Gasteiger partial charge in [0, 0.05) is 6.54 Å². The summed E-state index contributed by atoms with van der Waals surface area (Å²) in [6.07, 6.45) is 0. The third kappa shape index (κ3) is 5.17. The van der Waals surface area contributed by atoms with E-state index in [1.165, 1.54) is 21.3 Å². The average molecular weight is 405 g/mol. The zero-order valence-electron chi connectivity index (χ0n) is 16.1. The van der Waals surface area contributed by atoms with Crippen molar-refractivity contribution < 1.29 is 23.7 Å². The molecule has 0 unspecified atom stereocenters. The number of carbonyl (C=O) groups excluding carboxylic acids is 1. The van der Waals surface area contributed by atoms with E-state index < -0.39 is 5.91 Å². The monoisotopic (exact) mass is 405 g/mol. The van der Waals surface area contributed by atoms with Gasteiger partial charge in [0.1, 0.15) is 5.75 Å². The quantitative estimate of drug-likeness (QED) is 0.476. The topological polar surface area (TPSA) is 90.1 Å². The first-order valence-corrected chi connectivity index (χ1v) is 8.71. The summed E-state index contributed by atoms with van der Waals surface area (Å²) in [5.41, 5.74) is 6.47. The Bertz CT molecular complexity index is 827. The highest BCUT2D eigenvalue weighted by molar-refractivity contribution is 7.80. The summed E-state index contributed by atoms with van der Waals surface area (Å²) in [5, 5.41) is 3.27. The van der Waals surface area contributed by atoms with Crippen molar-refractivity contribution in [2.45, 2.75) is 6.54 Å². The Labute approximate surface area is 169 Å². The summed E-state index contributed by atoms with van der Waals surface area (Å²) in [6, 6.07) is 10.8. The van der Waals surface area contributed by atoms with Crippen LogP contribution >= 0.6 is 12.2 Å². The van der Waals surface area contributed by atoms with E-state index in [1.807, 2.05) is 24.3 Å². The molecule has 9 heteroatoms. The summed E-state index contributed by atoms with van der Waals surface area (Å²) in [7, 11) is 6.04. The zero-order chi connectivity index (χ0) is 20.5. The Morgan fingerprint density at radius 1 is 0.857 bits per heavy atom. The number of thiocarbonyl (C=S) groups is 1. The number of methoxy groups -OCH3 is 4. The van der Waals surface area contributed by atoms with E-state index in [9.17, 15) is 4.79 Å². The predicted octanol–water partition coefficient (Wildman–Crippen LogP) is 2.03.